The zero-order chi connectivity index (χ0) is 66.1. The lowest BCUT2D eigenvalue weighted by atomic mass is 9.83. The number of amides is 9. The molecular weight excluding hydrogens is 1220 g/mol. The van der Waals surface area contributed by atoms with Gasteiger partial charge in [0.05, 0.1) is 36.4 Å². The second-order valence-corrected chi connectivity index (χ2v) is 25.9. The molecule has 4 aliphatic heterocycles. The van der Waals surface area contributed by atoms with Crippen molar-refractivity contribution in [2.24, 2.45) is 5.92 Å². The highest BCUT2D eigenvalue weighted by molar-refractivity contribution is 8.00. The predicted molar refractivity (Wildman–Crippen MR) is 331 cm³/mol. The van der Waals surface area contributed by atoms with E-state index in [1.54, 1.807) is 45.2 Å². The number of fused-ring (bicyclic) bond motifs is 5. The molecule has 3 saturated heterocycles. The number of likely N-dealkylation sites (N-methyl/N-ethyl adjacent to an activating group) is 1. The molecule has 12 atom stereocenters. The van der Waals surface area contributed by atoms with Gasteiger partial charge in [0, 0.05) is 65.8 Å². The number of imide groups is 1. The van der Waals surface area contributed by atoms with Crippen molar-refractivity contribution in [1.82, 2.24) is 36.4 Å². The fourth-order valence-corrected chi connectivity index (χ4v) is 12.7. The number of aliphatic carboxylic acids is 1. The van der Waals surface area contributed by atoms with Crippen molar-refractivity contribution in [3.05, 3.63) is 46.5 Å². The molecular formula is C60H87ClN8O18S2. The van der Waals surface area contributed by atoms with Crippen LogP contribution in [-0.4, -0.2) is 203 Å². The van der Waals surface area contributed by atoms with Gasteiger partial charge in [-0.25, -0.2) is 9.59 Å². The van der Waals surface area contributed by atoms with Crippen LogP contribution in [0.4, 0.5) is 10.5 Å². The summed E-state index contributed by atoms with van der Waals surface area (Å²) < 4.78 is 29.5. The Kier molecular flexibility index (Phi) is 27.6. The molecule has 7 N–H and O–H groups in total. The number of thioether (sulfide) groups is 2. The molecule has 4 bridgehead atoms. The Labute approximate surface area is 532 Å². The number of rotatable bonds is 28. The van der Waals surface area contributed by atoms with E-state index in [2.05, 4.69) is 26.6 Å². The molecule has 4 aliphatic rings. The topological polar surface area (TPSA) is 348 Å². The molecule has 5 rings (SSSR count). The van der Waals surface area contributed by atoms with E-state index < -0.39 is 119 Å². The number of carbonyl (C=O) groups is 11. The summed E-state index contributed by atoms with van der Waals surface area (Å²) in [5.74, 6) is -4.51. The first-order valence-corrected chi connectivity index (χ1v) is 32.3. The number of halogens is 1. The number of hydrogen-bond donors (Lipinski definition) is 7. The van der Waals surface area contributed by atoms with Gasteiger partial charge in [-0.2, -0.15) is 0 Å². The number of carboxylic acid groups (broad SMARTS) is 1. The van der Waals surface area contributed by atoms with Crippen LogP contribution >= 0.6 is 35.1 Å². The second kappa shape index (κ2) is 33.6. The number of esters is 1. The highest BCUT2D eigenvalue weighted by atomic mass is 35.5. The zero-order valence-corrected chi connectivity index (χ0v) is 54.8. The van der Waals surface area contributed by atoms with Crippen LogP contribution in [0.25, 0.3) is 0 Å². The lowest BCUT2D eigenvalue weighted by Crippen LogP contribution is -2.63. The first kappa shape index (κ1) is 73.3. The van der Waals surface area contributed by atoms with Gasteiger partial charge in [-0.1, -0.05) is 48.7 Å². The highest BCUT2D eigenvalue weighted by Crippen LogP contribution is 2.49. The Balaban J connectivity index is 1.04. The van der Waals surface area contributed by atoms with Crippen LogP contribution in [0.1, 0.15) is 125 Å². The second-order valence-electron chi connectivity index (χ2n) is 23.1. The van der Waals surface area contributed by atoms with E-state index in [-0.39, 0.29) is 80.1 Å². The maximum Gasteiger partial charge on any atom is 0.409 e. The number of anilines is 1. The number of epoxide rings is 1. The fourth-order valence-electron chi connectivity index (χ4n) is 10.5. The number of allylic oxidation sites excluding steroid dienone is 3. The fraction of sp³-hybridized carbons (Fsp3) is 0.650. The Bertz CT molecular complexity index is 2850. The van der Waals surface area contributed by atoms with Gasteiger partial charge in [-0.3, -0.25) is 53.4 Å². The number of aliphatic hydroxyl groups is 1. The molecule has 1 aromatic carbocycles. The number of carbonyl (C=O) groups excluding carboxylic acids is 10. The molecule has 0 aromatic heterocycles. The molecule has 0 aliphatic carbocycles. The zero-order valence-electron chi connectivity index (χ0n) is 52.4. The standard InChI is InChI=1S/C60H87ClN8O18S2/c1-33-18-15-19-44(84-11)60(82)31-42(85-58(81)66-60)34(2)52-59(7,87-52)45(30-48(72)68(9)40-27-39(26-33)28-41(83-10)51(40)61)86-57(80)38(6)67(8)47(71)21-13-12-14-24-88-32-62-53(76)35(3)64-55(78)37(5)65-54(77)36(4)63-46(70)20-17-25-89-43-29-49(73)69(56(43)79)23-16-22-50(74)75/h15,18-19,27-28,34-38,42-45,52,82H,12-14,16-17,20-26,29-32H2,1-11H3,(H,62,76)(H,63,70)(H,64,78)(H,65,77)(H,66,81)(H,74,75)/b19-15+,33-18+/t34-,35+,36+,37-,38+,42+,43?,44-,45+,52+,59+,60+/m1/s1. The quantitative estimate of drug-likeness (QED) is 0.0206. The van der Waals surface area contributed by atoms with Gasteiger partial charge < -0.3 is 65.0 Å². The average molecular weight is 1310 g/mol. The molecule has 4 heterocycles. The first-order chi connectivity index (χ1) is 41.9. The maximum atomic E-state index is 14.4. The van der Waals surface area contributed by atoms with Crippen molar-refractivity contribution >= 4 is 106 Å². The van der Waals surface area contributed by atoms with E-state index in [1.807, 2.05) is 13.0 Å². The Morgan fingerprint density at radius 1 is 0.888 bits per heavy atom. The van der Waals surface area contributed by atoms with Gasteiger partial charge in [0.1, 0.15) is 58.9 Å². The monoisotopic (exact) mass is 1310 g/mol. The molecule has 3 fully saturated rings. The molecule has 0 saturated carbocycles. The summed E-state index contributed by atoms with van der Waals surface area (Å²) >= 11 is 9.50. The van der Waals surface area contributed by atoms with E-state index in [4.69, 9.17) is 40.4 Å². The van der Waals surface area contributed by atoms with Crippen LogP contribution in [0.5, 0.6) is 5.75 Å². The molecule has 9 amide bonds. The van der Waals surface area contributed by atoms with E-state index in [0.29, 0.717) is 55.0 Å². The molecule has 26 nitrogen and oxygen atoms in total. The van der Waals surface area contributed by atoms with Crippen molar-refractivity contribution in [2.75, 3.05) is 57.1 Å². The maximum absolute atomic E-state index is 14.4. The third kappa shape index (κ3) is 20.5. The number of likely N-dealkylation sites (tertiary alicyclic amines) is 1. The lowest BCUT2D eigenvalue weighted by Gasteiger charge is -2.42. The van der Waals surface area contributed by atoms with Crippen LogP contribution in [0, 0.1) is 5.92 Å². The van der Waals surface area contributed by atoms with Gasteiger partial charge in [0.25, 0.3) is 0 Å². The number of nitrogens with one attached hydrogen (secondary N) is 5. The Morgan fingerprint density at radius 2 is 1.56 bits per heavy atom. The minimum atomic E-state index is -1.89. The van der Waals surface area contributed by atoms with E-state index in [0.717, 1.165) is 16.0 Å². The Morgan fingerprint density at radius 3 is 2.22 bits per heavy atom. The number of nitrogens with zero attached hydrogens (tertiary/aromatic N) is 3. The SMILES string of the molecule is COc1cc2cc(c1Cl)N(C)C(=O)C[C@H](OC(=O)[C@H](C)N(C)C(=O)CCCCCSCNC(=O)[C@H](C)NC(=O)[C@@H](C)NC(=O)[C@H](C)NC(=O)CCCSC1CC(=O)N(CCCC(=O)O)C1=O)[C@]1(C)O[C@H]1[C@H](C)[C@@H]1C[C@@](O)(NC(=O)O1)[C@H](OC)/C=C/C=C(\C)C2. The molecule has 1 unspecified atom stereocenters. The third-order valence-corrected chi connectivity index (χ3v) is 18.8. The van der Waals surface area contributed by atoms with Gasteiger partial charge in [0.2, 0.25) is 47.3 Å². The summed E-state index contributed by atoms with van der Waals surface area (Å²) in [6.07, 6.45) is 2.75. The minimum absolute atomic E-state index is 0.00464. The molecule has 1 aromatic rings. The number of methoxy groups -OCH3 is 2. The predicted octanol–water partition coefficient (Wildman–Crippen LogP) is 3.90. The van der Waals surface area contributed by atoms with Gasteiger partial charge in [-0.05, 0) is 103 Å². The van der Waals surface area contributed by atoms with Crippen LogP contribution in [0.3, 0.4) is 0 Å². The van der Waals surface area contributed by atoms with Crippen LogP contribution in [0.2, 0.25) is 5.02 Å². The largest absolute Gasteiger partial charge is 0.495 e. The van der Waals surface area contributed by atoms with Crippen LogP contribution in [0.15, 0.2) is 35.9 Å². The normalized spacial score (nSPS) is 25.9. The summed E-state index contributed by atoms with van der Waals surface area (Å²) in [5, 5.41) is 33.2. The van der Waals surface area contributed by atoms with Crippen molar-refractivity contribution in [1.29, 1.82) is 0 Å². The van der Waals surface area contributed by atoms with Gasteiger partial charge in [0.15, 0.2) is 5.72 Å². The van der Waals surface area contributed by atoms with Crippen molar-refractivity contribution in [3.8, 4) is 5.75 Å². The van der Waals surface area contributed by atoms with Gasteiger partial charge >= 0.3 is 18.0 Å². The number of ether oxygens (including phenoxy) is 5. The number of hydrogen-bond acceptors (Lipinski definition) is 19. The average Bonchev–Trinajstić information content (AvgIpc) is 1.60. The summed E-state index contributed by atoms with van der Waals surface area (Å²) in [5.41, 5.74) is -1.18. The summed E-state index contributed by atoms with van der Waals surface area (Å²) in [7, 11) is 5.91. The first-order valence-electron chi connectivity index (χ1n) is 29.7. The number of benzene rings is 1. The van der Waals surface area contributed by atoms with Crippen molar-refractivity contribution in [2.45, 2.75) is 191 Å². The minimum Gasteiger partial charge on any atom is -0.495 e. The van der Waals surface area contributed by atoms with Crippen molar-refractivity contribution < 1.29 is 86.6 Å². The number of alkyl carbamates (subject to hydrolysis) is 1. The lowest BCUT2D eigenvalue weighted by molar-refractivity contribution is -0.162. The molecule has 29 heteroatoms. The van der Waals surface area contributed by atoms with Crippen molar-refractivity contribution in [3.63, 3.8) is 0 Å². The van der Waals surface area contributed by atoms with E-state index >= 15 is 0 Å². The summed E-state index contributed by atoms with van der Waals surface area (Å²) in [4.78, 5) is 145. The molecule has 494 valence electrons. The van der Waals surface area contributed by atoms with E-state index in [1.165, 1.54) is 82.3 Å². The smallest absolute Gasteiger partial charge is 0.409 e. The highest BCUT2D eigenvalue weighted by Gasteiger charge is 2.64. The summed E-state index contributed by atoms with van der Waals surface area (Å²) in [6.45, 7) is 11.3. The summed E-state index contributed by atoms with van der Waals surface area (Å²) in [6, 6.07) is -0.551. The number of unbranched alkanes of at least 4 members (excludes halogenated alkanes) is 2. The van der Waals surface area contributed by atoms with Crippen LogP contribution < -0.4 is 36.2 Å². The molecule has 89 heavy (non-hydrogen) atoms. The third-order valence-electron chi connectivity index (χ3n) is 16.2. The molecule has 0 radical (unpaired) electrons. The van der Waals surface area contributed by atoms with E-state index in [9.17, 15) is 57.8 Å². The Hall–Kier alpha value is -6.46. The molecule has 0 spiro atoms. The number of carboxylic acids is 1. The van der Waals surface area contributed by atoms with Gasteiger partial charge in [-0.15, -0.1) is 23.5 Å². The van der Waals surface area contributed by atoms with Crippen LogP contribution in [-0.2, 0) is 73.3 Å².